The number of nitrogens with one attached hydrogen (secondary N) is 4. The van der Waals surface area contributed by atoms with Crippen molar-refractivity contribution < 1.29 is 43.0 Å². The first-order valence-corrected chi connectivity index (χ1v) is 23.1. The molecule has 0 saturated carbocycles. The number of hydrogen-bond donors (Lipinski definition) is 4. The van der Waals surface area contributed by atoms with Crippen LogP contribution >= 0.6 is 0 Å². The molecule has 1 aliphatic carbocycles. The van der Waals surface area contributed by atoms with Crippen LogP contribution in [0.5, 0.6) is 0 Å². The van der Waals surface area contributed by atoms with Gasteiger partial charge in [0.2, 0.25) is 17.7 Å². The zero-order chi connectivity index (χ0) is 48.8. The molecule has 0 aromatic heterocycles. The molecule has 1 aliphatic rings. The first-order valence-electron chi connectivity index (χ1n) is 23.1. The summed E-state index contributed by atoms with van der Waals surface area (Å²) in [6, 6.07) is 36.0. The molecule has 0 heterocycles. The molecule has 13 nitrogen and oxygen atoms in total. The molecule has 4 atom stereocenters. The van der Waals surface area contributed by atoms with Gasteiger partial charge in [-0.3, -0.25) is 19.2 Å². The minimum absolute atomic E-state index is 0.00110. The number of carbonyl (C=O) groups excluding carboxylic acids is 6. The van der Waals surface area contributed by atoms with Gasteiger partial charge in [-0.05, 0) is 91.0 Å². The van der Waals surface area contributed by atoms with Crippen molar-refractivity contribution in [2.75, 3.05) is 6.61 Å². The van der Waals surface area contributed by atoms with E-state index in [0.717, 1.165) is 38.9 Å². The average molecular weight is 923 g/mol. The topological polar surface area (TPSA) is 178 Å². The molecule has 0 unspecified atom stereocenters. The Hall–Kier alpha value is -7.28. The van der Waals surface area contributed by atoms with Crippen molar-refractivity contribution in [2.45, 2.75) is 110 Å². The number of rotatable bonds is 20. The number of esters is 2. The van der Waals surface area contributed by atoms with Crippen molar-refractivity contribution in [2.24, 2.45) is 5.92 Å². The Labute approximate surface area is 398 Å². The normalized spacial score (nSPS) is 13.7. The Bertz CT molecular complexity index is 2490. The third-order valence-corrected chi connectivity index (χ3v) is 11.5. The minimum Gasteiger partial charge on any atom is -0.460 e. The number of hydrogen-bond acceptors (Lipinski definition) is 9. The second kappa shape index (κ2) is 23.4. The van der Waals surface area contributed by atoms with E-state index in [0.29, 0.717) is 5.56 Å². The van der Waals surface area contributed by atoms with Crippen molar-refractivity contribution in [1.29, 1.82) is 0 Å². The number of ether oxygens (including phenoxy) is 3. The predicted molar refractivity (Wildman–Crippen MR) is 259 cm³/mol. The molecule has 0 spiro atoms. The van der Waals surface area contributed by atoms with E-state index in [1.165, 1.54) is 0 Å². The molecule has 68 heavy (non-hydrogen) atoms. The second-order valence-corrected chi connectivity index (χ2v) is 18.5. The molecule has 4 N–H and O–H groups in total. The average Bonchev–Trinajstić information content (AvgIpc) is 3.63. The summed E-state index contributed by atoms with van der Waals surface area (Å²) in [6.07, 6.45) is -1.05. The van der Waals surface area contributed by atoms with Crippen molar-refractivity contribution in [3.8, 4) is 11.1 Å². The van der Waals surface area contributed by atoms with Crippen LogP contribution in [0, 0.1) is 12.8 Å². The molecular weight excluding hydrogens is 861 g/mol. The number of carbonyl (C=O) groups is 6. The van der Waals surface area contributed by atoms with Crippen LogP contribution in [0.4, 0.5) is 4.79 Å². The quantitative estimate of drug-likeness (QED) is 0.0443. The van der Waals surface area contributed by atoms with Crippen LogP contribution in [0.25, 0.3) is 11.1 Å². The Morgan fingerprint density at radius 3 is 1.78 bits per heavy atom. The Morgan fingerprint density at radius 1 is 0.603 bits per heavy atom. The summed E-state index contributed by atoms with van der Waals surface area (Å²) in [4.78, 5) is 83.7. The number of aryl methyl sites for hydroxylation is 1. The van der Waals surface area contributed by atoms with Gasteiger partial charge in [0.05, 0.1) is 0 Å². The highest BCUT2D eigenvalue weighted by Gasteiger charge is 2.35. The van der Waals surface area contributed by atoms with Gasteiger partial charge in [-0.25, -0.2) is 9.59 Å². The Balaban J connectivity index is 1.23. The maximum Gasteiger partial charge on any atom is 0.407 e. The Kier molecular flexibility index (Phi) is 17.3. The van der Waals surface area contributed by atoms with E-state index in [1.54, 1.807) is 51.1 Å². The minimum atomic E-state index is -1.35. The summed E-state index contributed by atoms with van der Waals surface area (Å²) in [5, 5.41) is 11.2. The molecule has 0 fully saturated rings. The van der Waals surface area contributed by atoms with Crippen LogP contribution in [-0.2, 0) is 51.2 Å². The van der Waals surface area contributed by atoms with Gasteiger partial charge in [0.25, 0.3) is 0 Å². The van der Waals surface area contributed by atoms with E-state index in [-0.39, 0.29) is 50.7 Å². The summed E-state index contributed by atoms with van der Waals surface area (Å²) in [6.45, 7) is 10.9. The van der Waals surface area contributed by atoms with E-state index in [9.17, 15) is 28.8 Å². The summed E-state index contributed by atoms with van der Waals surface area (Å²) in [5.41, 5.74) is 6.10. The molecule has 0 saturated heterocycles. The SMILES string of the molecule is Cc1ccccc1C[C@H](NC(=O)[C@H](CCC(=O)OC(C)(C)C)NC(=O)OCC1c2ccccc2-c2ccccc21)C(=O)N[C@H](C(=O)N[C@@H](CC(C)C)C(=O)OCc1ccccc1)c1ccccc1. The van der Waals surface area contributed by atoms with Crippen LogP contribution in [0.15, 0.2) is 133 Å². The van der Waals surface area contributed by atoms with Crippen LogP contribution in [0.3, 0.4) is 0 Å². The Morgan fingerprint density at radius 2 is 1.16 bits per heavy atom. The summed E-state index contributed by atoms with van der Waals surface area (Å²) in [7, 11) is 0. The number of benzene rings is 5. The van der Waals surface area contributed by atoms with Gasteiger partial charge in [-0.1, -0.05) is 147 Å². The van der Waals surface area contributed by atoms with Gasteiger partial charge in [0, 0.05) is 18.8 Å². The number of fused-ring (bicyclic) bond motifs is 3. The standard InChI is InChI=1S/C55H62N4O9/c1-35(2)31-47(53(64)66-33-37-20-9-7-10-21-37)57-52(63)49(38-22-11-8-12-23-38)59-51(62)46(32-39-24-14-13-19-36(39)3)56-50(61)45(29-30-48(60)68-55(4,5)6)58-54(65)67-34-44-42-27-17-15-25-40(42)41-26-16-18-28-43(41)44/h7-28,35,44-47,49H,29-34H2,1-6H3,(H,56,61)(H,57,63)(H,58,65)(H,59,62)/t45-,46-,47-,49-/m0/s1. The zero-order valence-electron chi connectivity index (χ0n) is 39.6. The van der Waals surface area contributed by atoms with E-state index in [4.69, 9.17) is 14.2 Å². The first-order chi connectivity index (χ1) is 32.6. The first kappa shape index (κ1) is 50.1. The van der Waals surface area contributed by atoms with Gasteiger partial charge < -0.3 is 35.5 Å². The van der Waals surface area contributed by atoms with E-state index >= 15 is 0 Å². The molecular formula is C55H62N4O9. The maximum atomic E-state index is 14.7. The smallest absolute Gasteiger partial charge is 0.407 e. The monoisotopic (exact) mass is 922 g/mol. The fourth-order valence-corrected chi connectivity index (χ4v) is 8.20. The van der Waals surface area contributed by atoms with Crippen LogP contribution in [0.2, 0.25) is 0 Å². The molecule has 356 valence electrons. The lowest BCUT2D eigenvalue weighted by molar-refractivity contribution is -0.155. The number of alkyl carbamates (subject to hydrolysis) is 1. The second-order valence-electron chi connectivity index (χ2n) is 18.5. The largest absolute Gasteiger partial charge is 0.460 e. The lowest BCUT2D eigenvalue weighted by Gasteiger charge is -2.27. The summed E-state index contributed by atoms with van der Waals surface area (Å²) < 4.78 is 17.0. The van der Waals surface area contributed by atoms with Gasteiger partial charge in [-0.15, -0.1) is 0 Å². The van der Waals surface area contributed by atoms with Crippen LogP contribution in [-0.4, -0.2) is 66.1 Å². The van der Waals surface area contributed by atoms with Gasteiger partial charge >= 0.3 is 18.0 Å². The highest BCUT2D eigenvalue weighted by Crippen LogP contribution is 2.44. The summed E-state index contributed by atoms with van der Waals surface area (Å²) in [5.74, 6) is -3.62. The highest BCUT2D eigenvalue weighted by molar-refractivity contribution is 5.95. The molecule has 5 aromatic carbocycles. The third kappa shape index (κ3) is 14.1. The van der Waals surface area contributed by atoms with Crippen molar-refractivity contribution in [3.63, 3.8) is 0 Å². The lowest BCUT2D eigenvalue weighted by atomic mass is 9.98. The van der Waals surface area contributed by atoms with Crippen molar-refractivity contribution in [1.82, 2.24) is 21.3 Å². The van der Waals surface area contributed by atoms with Crippen molar-refractivity contribution >= 4 is 35.8 Å². The number of amides is 4. The van der Waals surface area contributed by atoms with E-state index in [2.05, 4.69) is 21.3 Å². The van der Waals surface area contributed by atoms with E-state index < -0.39 is 65.5 Å². The maximum absolute atomic E-state index is 14.7. The van der Waals surface area contributed by atoms with Gasteiger partial charge in [0.1, 0.15) is 43.0 Å². The summed E-state index contributed by atoms with van der Waals surface area (Å²) >= 11 is 0. The molecule has 4 amide bonds. The van der Waals surface area contributed by atoms with Crippen molar-refractivity contribution in [3.05, 3.63) is 167 Å². The van der Waals surface area contributed by atoms with Gasteiger partial charge in [0.15, 0.2) is 0 Å². The zero-order valence-corrected chi connectivity index (χ0v) is 39.6. The third-order valence-electron chi connectivity index (χ3n) is 11.5. The van der Waals surface area contributed by atoms with Crippen LogP contribution in [0.1, 0.15) is 99.2 Å². The lowest BCUT2D eigenvalue weighted by Crippen LogP contribution is -2.56. The van der Waals surface area contributed by atoms with E-state index in [1.807, 2.05) is 124 Å². The molecule has 0 bridgehead atoms. The molecule has 0 radical (unpaired) electrons. The molecule has 13 heteroatoms. The van der Waals surface area contributed by atoms with Gasteiger partial charge in [-0.2, -0.15) is 0 Å². The molecule has 6 rings (SSSR count). The predicted octanol–water partition coefficient (Wildman–Crippen LogP) is 8.18. The highest BCUT2D eigenvalue weighted by atomic mass is 16.6. The molecule has 5 aromatic rings. The van der Waals surface area contributed by atoms with Crippen LogP contribution < -0.4 is 21.3 Å². The fraction of sp³-hybridized carbons (Fsp3) is 0.345. The molecule has 0 aliphatic heterocycles. The fourth-order valence-electron chi connectivity index (χ4n) is 8.20.